The second-order valence-corrected chi connectivity index (χ2v) is 13.6. The summed E-state index contributed by atoms with van der Waals surface area (Å²) in [5.74, 6) is 0. The molecule has 0 fully saturated rings. The molecule has 9 aromatic carbocycles. The first-order valence-corrected chi connectivity index (χ1v) is 17.8. The second-order valence-electron chi connectivity index (χ2n) is 13.6. The Morgan fingerprint density at radius 3 is 1.47 bits per heavy atom. The van der Waals surface area contributed by atoms with E-state index in [1.54, 1.807) is 0 Å². The fourth-order valence-corrected chi connectivity index (χ4v) is 8.66. The van der Waals surface area contributed by atoms with Gasteiger partial charge in [0.15, 0.2) is 0 Å². The smallest absolute Gasteiger partial charge is 0.0622 e. The van der Waals surface area contributed by atoms with E-state index in [9.17, 15) is 0 Å². The van der Waals surface area contributed by atoms with E-state index < -0.39 is 5.41 Å². The van der Waals surface area contributed by atoms with Crippen LogP contribution in [0.3, 0.4) is 0 Å². The third kappa shape index (κ3) is 4.61. The Kier molecular flexibility index (Phi) is 6.82. The van der Waals surface area contributed by atoms with Gasteiger partial charge in [-0.3, -0.25) is 0 Å². The molecule has 0 radical (unpaired) electrons. The standard InChI is InChI=1S/C51H34/c1-3-21-42(22-4-1)51(43-23-5-2-6-24-43)48-31-29-36-15-8-10-26-46(36)50(48)47-30-28-40(34-49(47)51)38-18-11-17-37(32-38)39-19-12-20-41(33-39)45-27-13-16-35-14-7-9-25-44(35)45/h1-34H. The number of benzene rings is 9. The lowest BCUT2D eigenvalue weighted by Crippen LogP contribution is -2.28. The Balaban J connectivity index is 1.16. The highest BCUT2D eigenvalue weighted by atomic mass is 14.5. The van der Waals surface area contributed by atoms with Crippen molar-refractivity contribution < 1.29 is 0 Å². The highest BCUT2D eigenvalue weighted by Gasteiger charge is 2.46. The van der Waals surface area contributed by atoms with Crippen molar-refractivity contribution in [2.45, 2.75) is 5.41 Å². The maximum absolute atomic E-state index is 2.47. The molecular weight excluding hydrogens is 613 g/mol. The highest BCUT2D eigenvalue weighted by Crippen LogP contribution is 2.58. The van der Waals surface area contributed by atoms with Crippen molar-refractivity contribution in [1.29, 1.82) is 0 Å². The van der Waals surface area contributed by atoms with Gasteiger partial charge in [0, 0.05) is 0 Å². The Morgan fingerprint density at radius 2 is 0.784 bits per heavy atom. The van der Waals surface area contributed by atoms with Crippen molar-refractivity contribution in [3.05, 3.63) is 229 Å². The second kappa shape index (κ2) is 11.8. The van der Waals surface area contributed by atoms with Gasteiger partial charge in [0.2, 0.25) is 0 Å². The Labute approximate surface area is 298 Å². The topological polar surface area (TPSA) is 0 Å². The quantitative estimate of drug-likeness (QED) is 0.175. The fraction of sp³-hybridized carbons (Fsp3) is 0.0196. The van der Waals surface area contributed by atoms with Crippen molar-refractivity contribution in [3.8, 4) is 44.5 Å². The maximum atomic E-state index is 2.47. The molecule has 0 saturated carbocycles. The highest BCUT2D eigenvalue weighted by molar-refractivity contribution is 6.04. The lowest BCUT2D eigenvalue weighted by molar-refractivity contribution is 0.769. The van der Waals surface area contributed by atoms with Crippen molar-refractivity contribution in [2.75, 3.05) is 0 Å². The van der Waals surface area contributed by atoms with Crippen LogP contribution in [0.1, 0.15) is 22.3 Å². The summed E-state index contributed by atoms with van der Waals surface area (Å²) in [6, 6.07) is 76.1. The first-order valence-electron chi connectivity index (χ1n) is 17.8. The predicted octanol–water partition coefficient (Wildman–Crippen LogP) is 13.4. The Bertz CT molecular complexity index is 2690. The summed E-state index contributed by atoms with van der Waals surface area (Å²) in [6.07, 6.45) is 0. The van der Waals surface area contributed by atoms with Crippen LogP contribution < -0.4 is 0 Å². The summed E-state index contributed by atoms with van der Waals surface area (Å²) >= 11 is 0. The zero-order valence-corrected chi connectivity index (χ0v) is 28.1. The summed E-state index contributed by atoms with van der Waals surface area (Å²) in [4.78, 5) is 0. The molecule has 0 N–H and O–H groups in total. The van der Waals surface area contributed by atoms with Gasteiger partial charge < -0.3 is 0 Å². The third-order valence-electron chi connectivity index (χ3n) is 10.9. The van der Waals surface area contributed by atoms with Crippen LogP contribution in [0.5, 0.6) is 0 Å². The van der Waals surface area contributed by atoms with Crippen LogP contribution in [0.15, 0.2) is 206 Å². The molecule has 0 spiro atoms. The van der Waals surface area contributed by atoms with E-state index in [2.05, 4.69) is 206 Å². The van der Waals surface area contributed by atoms with E-state index in [4.69, 9.17) is 0 Å². The zero-order valence-electron chi connectivity index (χ0n) is 28.1. The summed E-state index contributed by atoms with van der Waals surface area (Å²) in [5, 5.41) is 5.10. The van der Waals surface area contributed by atoms with Crippen LogP contribution in [0.2, 0.25) is 0 Å². The van der Waals surface area contributed by atoms with Gasteiger partial charge in [0.1, 0.15) is 0 Å². The number of rotatable bonds is 5. The normalized spacial score (nSPS) is 12.9. The zero-order chi connectivity index (χ0) is 33.8. The van der Waals surface area contributed by atoms with Crippen LogP contribution in [-0.4, -0.2) is 0 Å². The molecule has 0 heterocycles. The largest absolute Gasteiger partial charge is 0.0714 e. The van der Waals surface area contributed by atoms with Gasteiger partial charge in [-0.15, -0.1) is 0 Å². The predicted molar refractivity (Wildman–Crippen MR) is 215 cm³/mol. The van der Waals surface area contributed by atoms with E-state index in [-0.39, 0.29) is 0 Å². The molecule has 0 atom stereocenters. The molecule has 0 bridgehead atoms. The molecule has 9 aromatic rings. The van der Waals surface area contributed by atoms with Crippen LogP contribution in [0.25, 0.3) is 66.1 Å². The van der Waals surface area contributed by atoms with Gasteiger partial charge in [-0.25, -0.2) is 0 Å². The third-order valence-corrected chi connectivity index (χ3v) is 10.9. The van der Waals surface area contributed by atoms with E-state index in [1.807, 2.05) is 0 Å². The van der Waals surface area contributed by atoms with Gasteiger partial charge in [0.05, 0.1) is 5.41 Å². The summed E-state index contributed by atoms with van der Waals surface area (Å²) in [5.41, 5.74) is 14.7. The summed E-state index contributed by atoms with van der Waals surface area (Å²) < 4.78 is 0. The first kappa shape index (κ1) is 29.4. The van der Waals surface area contributed by atoms with Gasteiger partial charge >= 0.3 is 0 Å². The maximum Gasteiger partial charge on any atom is 0.0714 e. The minimum absolute atomic E-state index is 0.461. The number of hydrogen-bond acceptors (Lipinski definition) is 0. The lowest BCUT2D eigenvalue weighted by atomic mass is 9.67. The van der Waals surface area contributed by atoms with Crippen LogP contribution in [0.4, 0.5) is 0 Å². The molecule has 0 unspecified atom stereocenters. The number of hydrogen-bond donors (Lipinski definition) is 0. The van der Waals surface area contributed by atoms with Crippen LogP contribution in [-0.2, 0) is 5.41 Å². The molecular formula is C51H34. The van der Waals surface area contributed by atoms with Crippen molar-refractivity contribution >= 4 is 21.5 Å². The first-order chi connectivity index (χ1) is 25.3. The van der Waals surface area contributed by atoms with Crippen molar-refractivity contribution in [2.24, 2.45) is 0 Å². The average molecular weight is 647 g/mol. The molecule has 0 saturated heterocycles. The van der Waals surface area contributed by atoms with Gasteiger partial charge in [0.25, 0.3) is 0 Å². The molecule has 10 rings (SSSR count). The van der Waals surface area contributed by atoms with E-state index >= 15 is 0 Å². The SMILES string of the molecule is c1ccc(C2(c3ccccc3)c3cc(-c4cccc(-c5cccc(-c6cccc7ccccc67)c5)c4)ccc3-c3c2ccc2ccccc32)cc1. The Morgan fingerprint density at radius 1 is 0.275 bits per heavy atom. The van der Waals surface area contributed by atoms with Crippen LogP contribution in [0, 0.1) is 0 Å². The fourth-order valence-electron chi connectivity index (χ4n) is 8.66. The summed E-state index contributed by atoms with van der Waals surface area (Å²) in [7, 11) is 0. The number of fused-ring (bicyclic) bond motifs is 6. The van der Waals surface area contributed by atoms with Crippen molar-refractivity contribution in [1.82, 2.24) is 0 Å². The molecule has 1 aliphatic rings. The van der Waals surface area contributed by atoms with E-state index in [0.717, 1.165) is 0 Å². The minimum Gasteiger partial charge on any atom is -0.0622 e. The molecule has 0 amide bonds. The minimum atomic E-state index is -0.461. The molecule has 0 heteroatoms. The molecule has 0 nitrogen and oxygen atoms in total. The molecule has 0 aliphatic heterocycles. The molecule has 0 aromatic heterocycles. The monoisotopic (exact) mass is 646 g/mol. The molecule has 51 heavy (non-hydrogen) atoms. The van der Waals surface area contributed by atoms with E-state index in [1.165, 1.54) is 88.3 Å². The Hall–Kier alpha value is -6.50. The van der Waals surface area contributed by atoms with Crippen LogP contribution >= 0.6 is 0 Å². The molecule has 1 aliphatic carbocycles. The van der Waals surface area contributed by atoms with E-state index in [0.29, 0.717) is 0 Å². The van der Waals surface area contributed by atoms with Gasteiger partial charge in [-0.05, 0) is 107 Å². The van der Waals surface area contributed by atoms with Gasteiger partial charge in [-0.1, -0.05) is 188 Å². The van der Waals surface area contributed by atoms with Crippen molar-refractivity contribution in [3.63, 3.8) is 0 Å². The van der Waals surface area contributed by atoms with Gasteiger partial charge in [-0.2, -0.15) is 0 Å². The average Bonchev–Trinajstić information content (AvgIpc) is 3.52. The summed E-state index contributed by atoms with van der Waals surface area (Å²) in [6.45, 7) is 0. The molecule has 238 valence electrons. The lowest BCUT2D eigenvalue weighted by Gasteiger charge is -2.34.